The van der Waals surface area contributed by atoms with E-state index in [1.54, 1.807) is 6.33 Å². The molecule has 1 aliphatic rings. The van der Waals surface area contributed by atoms with Gasteiger partial charge in [-0.05, 0) is 19.8 Å². The second-order valence-corrected chi connectivity index (χ2v) is 5.82. The van der Waals surface area contributed by atoms with E-state index < -0.39 is 0 Å². The van der Waals surface area contributed by atoms with Crippen molar-refractivity contribution in [2.75, 3.05) is 32.7 Å². The van der Waals surface area contributed by atoms with E-state index >= 15 is 0 Å². The quantitative estimate of drug-likeness (QED) is 0.388. The summed E-state index contributed by atoms with van der Waals surface area (Å²) in [5.74, 6) is 2.09. The molecule has 0 saturated carbocycles. The lowest BCUT2D eigenvalue weighted by Crippen LogP contribution is -2.39. The normalized spacial score (nSPS) is 15.2. The van der Waals surface area contributed by atoms with Crippen molar-refractivity contribution in [2.24, 2.45) is 4.99 Å². The maximum atomic E-state index is 11.6. The van der Waals surface area contributed by atoms with Crippen LogP contribution < -0.4 is 10.6 Å². The summed E-state index contributed by atoms with van der Waals surface area (Å²) in [6.45, 7) is 8.95. The Labute approximate surface area is 143 Å². The second kappa shape index (κ2) is 9.89. The number of hydrogen-bond acceptors (Lipinski definition) is 4. The Hall–Kier alpha value is -2.12. The minimum atomic E-state index is 0.282. The summed E-state index contributed by atoms with van der Waals surface area (Å²) in [6.07, 6.45) is 5.24. The smallest absolute Gasteiger partial charge is 0.222 e. The highest BCUT2D eigenvalue weighted by Gasteiger charge is 2.18. The summed E-state index contributed by atoms with van der Waals surface area (Å²) in [5, 5.41) is 14.6. The molecule has 0 aliphatic carbocycles. The number of likely N-dealkylation sites (tertiary alicyclic amines) is 1. The topological polar surface area (TPSA) is 87.4 Å². The number of nitrogens with zero attached hydrogens (tertiary/aromatic N) is 5. The van der Waals surface area contributed by atoms with Gasteiger partial charge in [-0.15, -0.1) is 10.2 Å². The van der Waals surface area contributed by atoms with E-state index in [2.05, 4.69) is 44.2 Å². The summed E-state index contributed by atoms with van der Waals surface area (Å²) in [7, 11) is 0. The molecule has 1 aliphatic heterocycles. The molecule has 8 heteroatoms. The highest BCUT2D eigenvalue weighted by atomic mass is 16.2. The van der Waals surface area contributed by atoms with Crippen molar-refractivity contribution in [3.05, 3.63) is 12.2 Å². The lowest BCUT2D eigenvalue weighted by Gasteiger charge is -2.15. The van der Waals surface area contributed by atoms with E-state index in [1.807, 2.05) is 4.90 Å². The van der Waals surface area contributed by atoms with Crippen molar-refractivity contribution < 1.29 is 4.79 Å². The molecule has 1 aromatic heterocycles. The molecular formula is C16H29N7O. The number of aryl methyl sites for hydroxylation is 1. The number of hydrogen-bond donors (Lipinski definition) is 2. The van der Waals surface area contributed by atoms with Gasteiger partial charge >= 0.3 is 0 Å². The molecule has 134 valence electrons. The Bertz CT molecular complexity index is 540. The van der Waals surface area contributed by atoms with Crippen molar-refractivity contribution >= 4 is 11.9 Å². The largest absolute Gasteiger partial charge is 0.357 e. The van der Waals surface area contributed by atoms with E-state index in [0.29, 0.717) is 13.0 Å². The number of aliphatic imine (C=N–C) groups is 1. The monoisotopic (exact) mass is 335 g/mol. The van der Waals surface area contributed by atoms with Gasteiger partial charge < -0.3 is 20.1 Å². The molecule has 0 unspecified atom stereocenters. The van der Waals surface area contributed by atoms with E-state index in [1.165, 1.54) is 0 Å². The molecule has 2 rings (SSSR count). The zero-order chi connectivity index (χ0) is 17.2. The highest BCUT2D eigenvalue weighted by Crippen LogP contribution is 2.09. The van der Waals surface area contributed by atoms with Gasteiger partial charge in [0.05, 0.1) is 0 Å². The zero-order valence-corrected chi connectivity index (χ0v) is 14.8. The van der Waals surface area contributed by atoms with E-state index in [9.17, 15) is 4.79 Å². The van der Waals surface area contributed by atoms with Crippen LogP contribution in [0.2, 0.25) is 0 Å². The van der Waals surface area contributed by atoms with E-state index in [4.69, 9.17) is 0 Å². The zero-order valence-electron chi connectivity index (χ0n) is 14.8. The van der Waals surface area contributed by atoms with Crippen LogP contribution in [0.1, 0.15) is 38.9 Å². The third-order valence-corrected chi connectivity index (χ3v) is 4.03. The summed E-state index contributed by atoms with van der Waals surface area (Å²) >= 11 is 0. The van der Waals surface area contributed by atoms with Crippen LogP contribution >= 0.6 is 0 Å². The number of nitrogens with one attached hydrogen (secondary N) is 2. The first-order valence-corrected chi connectivity index (χ1v) is 8.91. The molecule has 24 heavy (non-hydrogen) atoms. The summed E-state index contributed by atoms with van der Waals surface area (Å²) < 4.78 is 2.05. The molecular weight excluding hydrogens is 306 g/mol. The van der Waals surface area contributed by atoms with Crippen molar-refractivity contribution in [1.82, 2.24) is 30.3 Å². The molecule has 0 spiro atoms. The number of aromatic nitrogens is 3. The van der Waals surface area contributed by atoms with Crippen LogP contribution in [0, 0.1) is 0 Å². The minimum Gasteiger partial charge on any atom is -0.357 e. The van der Waals surface area contributed by atoms with Crippen LogP contribution in [0.4, 0.5) is 0 Å². The fraction of sp³-hybridized carbons (Fsp3) is 0.750. The molecule has 1 aromatic rings. The maximum Gasteiger partial charge on any atom is 0.222 e. The van der Waals surface area contributed by atoms with Gasteiger partial charge in [0.1, 0.15) is 12.2 Å². The van der Waals surface area contributed by atoms with Gasteiger partial charge in [0.15, 0.2) is 5.96 Å². The fourth-order valence-corrected chi connectivity index (χ4v) is 2.77. The van der Waals surface area contributed by atoms with Crippen molar-refractivity contribution in [3.63, 3.8) is 0 Å². The fourth-order valence-electron chi connectivity index (χ4n) is 2.77. The molecule has 2 N–H and O–H groups in total. The van der Waals surface area contributed by atoms with Gasteiger partial charge in [-0.3, -0.25) is 9.79 Å². The third kappa shape index (κ3) is 5.50. The molecule has 1 amide bonds. The number of carbonyl (C=O) groups excluding carboxylic acids is 1. The molecule has 0 atom stereocenters. The average molecular weight is 335 g/mol. The van der Waals surface area contributed by atoms with Crippen molar-refractivity contribution in [1.29, 1.82) is 0 Å². The Morgan fingerprint density at radius 3 is 2.92 bits per heavy atom. The summed E-state index contributed by atoms with van der Waals surface area (Å²) in [5.41, 5.74) is 0. The molecule has 0 bridgehead atoms. The Morgan fingerprint density at radius 2 is 2.21 bits per heavy atom. The molecule has 1 saturated heterocycles. The van der Waals surface area contributed by atoms with Gasteiger partial charge in [0.25, 0.3) is 0 Å². The van der Waals surface area contributed by atoms with Gasteiger partial charge in [-0.2, -0.15) is 0 Å². The Kier molecular flexibility index (Phi) is 7.51. The molecule has 0 aromatic carbocycles. The molecule has 0 radical (unpaired) electrons. The van der Waals surface area contributed by atoms with Crippen molar-refractivity contribution in [2.45, 2.75) is 46.1 Å². The summed E-state index contributed by atoms with van der Waals surface area (Å²) in [4.78, 5) is 18.1. The average Bonchev–Trinajstić information content (AvgIpc) is 3.20. The van der Waals surface area contributed by atoms with Crippen LogP contribution in [-0.2, 0) is 17.8 Å². The van der Waals surface area contributed by atoms with Crippen LogP contribution in [0.15, 0.2) is 11.3 Å². The number of amides is 1. The van der Waals surface area contributed by atoms with E-state index in [-0.39, 0.29) is 5.91 Å². The molecule has 8 nitrogen and oxygen atoms in total. The number of carbonyl (C=O) groups is 1. The highest BCUT2D eigenvalue weighted by molar-refractivity contribution is 5.79. The predicted octanol–water partition coefficient (Wildman–Crippen LogP) is 0.408. The lowest BCUT2D eigenvalue weighted by molar-refractivity contribution is -0.127. The van der Waals surface area contributed by atoms with Crippen LogP contribution in [0.25, 0.3) is 0 Å². The standard InChI is InChI=1S/C16H29N7O/c1-3-14-21-20-13-23(14)12-9-19-16(17-4-2)18-8-6-11-22-10-5-7-15(22)24/h13H,3-12H2,1-2H3,(H2,17,18,19). The Balaban J connectivity index is 1.70. The lowest BCUT2D eigenvalue weighted by atomic mass is 10.4. The minimum absolute atomic E-state index is 0.282. The van der Waals surface area contributed by atoms with Gasteiger partial charge in [-0.1, -0.05) is 6.92 Å². The number of rotatable bonds is 9. The predicted molar refractivity (Wildman–Crippen MR) is 93.8 cm³/mol. The first-order chi connectivity index (χ1) is 11.7. The second-order valence-electron chi connectivity index (χ2n) is 5.82. The van der Waals surface area contributed by atoms with Gasteiger partial charge in [-0.25, -0.2) is 0 Å². The number of guanidine groups is 1. The van der Waals surface area contributed by atoms with Crippen molar-refractivity contribution in [3.8, 4) is 0 Å². The molecule has 2 heterocycles. The van der Waals surface area contributed by atoms with Crippen LogP contribution in [0.5, 0.6) is 0 Å². The van der Waals surface area contributed by atoms with Gasteiger partial charge in [0, 0.05) is 52.1 Å². The first-order valence-electron chi connectivity index (χ1n) is 8.91. The van der Waals surface area contributed by atoms with Crippen LogP contribution in [-0.4, -0.2) is 64.3 Å². The van der Waals surface area contributed by atoms with Gasteiger partial charge in [0.2, 0.25) is 5.91 Å². The third-order valence-electron chi connectivity index (χ3n) is 4.03. The molecule has 1 fully saturated rings. The maximum absolute atomic E-state index is 11.6. The van der Waals surface area contributed by atoms with Crippen LogP contribution in [0.3, 0.4) is 0 Å². The SMILES string of the molecule is CCNC(=NCCCN1CCCC1=O)NCCn1cnnc1CC. The summed E-state index contributed by atoms with van der Waals surface area (Å²) in [6, 6.07) is 0. The van der Waals surface area contributed by atoms with E-state index in [0.717, 1.165) is 63.8 Å². The first kappa shape index (κ1) is 18.2. The Morgan fingerprint density at radius 1 is 1.33 bits per heavy atom.